The van der Waals surface area contributed by atoms with Gasteiger partial charge in [-0.25, -0.2) is 0 Å². The molecule has 0 aromatic carbocycles. The smallest absolute Gasteiger partial charge is 0.322 e. The molecule has 0 heterocycles. The monoisotopic (exact) mass is 490 g/mol. The van der Waals surface area contributed by atoms with E-state index in [-0.39, 0.29) is 25.3 Å². The number of carboxylic acids is 2. The highest BCUT2D eigenvalue weighted by Crippen LogP contribution is 1.99. The summed E-state index contributed by atoms with van der Waals surface area (Å²) in [5.74, 6) is -6.60. The number of rotatable bonds is 16. The van der Waals surface area contributed by atoms with Crippen molar-refractivity contribution in [3.05, 3.63) is 0 Å². The van der Waals surface area contributed by atoms with Gasteiger partial charge in [0.2, 0.25) is 23.6 Å². The average molecular weight is 490 g/mol. The molecule has 13 N–H and O–H groups in total. The van der Waals surface area contributed by atoms with E-state index in [1.807, 2.05) is 0 Å². The number of carbonyl (C=O) groups is 6. The third-order valence-corrected chi connectivity index (χ3v) is 3.98. The van der Waals surface area contributed by atoms with Gasteiger partial charge in [0.1, 0.15) is 24.7 Å². The molecule has 4 amide bonds. The van der Waals surface area contributed by atoms with Gasteiger partial charge in [-0.3, -0.25) is 33.8 Å². The lowest BCUT2D eigenvalue weighted by atomic mass is 10.1. The summed E-state index contributed by atoms with van der Waals surface area (Å²) < 4.78 is 0. The van der Waals surface area contributed by atoms with Gasteiger partial charge in [0.05, 0.1) is 19.6 Å². The number of hydrogen-bond donors (Lipinski definition) is 10. The second-order valence-electron chi connectivity index (χ2n) is 6.85. The highest BCUT2D eigenvalue weighted by molar-refractivity contribution is 5.95. The van der Waals surface area contributed by atoms with Gasteiger partial charge in [0.15, 0.2) is 5.96 Å². The number of nitrogens with two attached hydrogens (primary N) is 3. The van der Waals surface area contributed by atoms with Crippen molar-refractivity contribution in [3.63, 3.8) is 0 Å². The predicted octanol–water partition coefficient (Wildman–Crippen LogP) is -5.88. The number of hydrogen-bond acceptors (Lipinski definition) is 9. The molecule has 0 aliphatic carbocycles. The van der Waals surface area contributed by atoms with E-state index < -0.39 is 79.8 Å². The fourth-order valence-corrected chi connectivity index (χ4v) is 2.34. The SMILES string of the molecule is NC(N)=NCCCC(NC(=O)CNC(=O)C(CC(=O)O)NC(=O)C(N)CO)C(=O)NCC(=O)O. The number of aliphatic carboxylic acids is 2. The summed E-state index contributed by atoms with van der Waals surface area (Å²) in [7, 11) is 0. The first-order valence-electron chi connectivity index (χ1n) is 9.87. The second kappa shape index (κ2) is 15.8. The Hall–Kier alpha value is -3.99. The summed E-state index contributed by atoms with van der Waals surface area (Å²) in [5.41, 5.74) is 15.7. The average Bonchev–Trinajstić information content (AvgIpc) is 2.75. The first-order chi connectivity index (χ1) is 15.9. The van der Waals surface area contributed by atoms with Gasteiger partial charge in [-0.05, 0) is 12.8 Å². The molecule has 34 heavy (non-hydrogen) atoms. The summed E-state index contributed by atoms with van der Waals surface area (Å²) in [6.45, 7) is -2.01. The second-order valence-corrected chi connectivity index (χ2v) is 6.85. The maximum Gasteiger partial charge on any atom is 0.322 e. The van der Waals surface area contributed by atoms with E-state index in [0.717, 1.165) is 0 Å². The Bertz CT molecular complexity index is 785. The summed E-state index contributed by atoms with van der Waals surface area (Å²) in [4.78, 5) is 73.7. The van der Waals surface area contributed by atoms with Crippen molar-refractivity contribution in [2.24, 2.45) is 22.2 Å². The maximum absolute atomic E-state index is 12.2. The molecule has 192 valence electrons. The third kappa shape index (κ3) is 13.4. The molecule has 0 radical (unpaired) electrons. The number of carbonyl (C=O) groups excluding carboxylic acids is 4. The minimum Gasteiger partial charge on any atom is -0.481 e. The van der Waals surface area contributed by atoms with Gasteiger partial charge in [0, 0.05) is 6.54 Å². The number of aliphatic hydroxyl groups excluding tert-OH is 1. The number of guanidine groups is 1. The molecule has 0 aromatic heterocycles. The van der Waals surface area contributed by atoms with Crippen LogP contribution in [0.25, 0.3) is 0 Å². The summed E-state index contributed by atoms with van der Waals surface area (Å²) >= 11 is 0. The van der Waals surface area contributed by atoms with Crippen molar-refractivity contribution in [1.29, 1.82) is 0 Å². The van der Waals surface area contributed by atoms with E-state index in [4.69, 9.17) is 32.5 Å². The van der Waals surface area contributed by atoms with Crippen LogP contribution in [0.15, 0.2) is 4.99 Å². The number of nitrogens with zero attached hydrogens (tertiary/aromatic N) is 1. The van der Waals surface area contributed by atoms with Gasteiger partial charge in [-0.2, -0.15) is 0 Å². The molecule has 0 bridgehead atoms. The number of amides is 4. The van der Waals surface area contributed by atoms with Crippen LogP contribution in [-0.4, -0.2) is 101 Å². The topological polar surface area (TPSA) is 302 Å². The summed E-state index contributed by atoms with van der Waals surface area (Å²) in [6, 6.07) is -4.17. The molecule has 0 saturated carbocycles. The quantitative estimate of drug-likeness (QED) is 0.0549. The lowest BCUT2D eigenvalue weighted by Gasteiger charge is -2.20. The van der Waals surface area contributed by atoms with Gasteiger partial charge < -0.3 is 53.8 Å². The normalized spacial score (nSPS) is 12.9. The number of aliphatic imine (C=N–C) groups is 1. The van der Waals surface area contributed by atoms with Gasteiger partial charge in [-0.15, -0.1) is 0 Å². The van der Waals surface area contributed by atoms with Crippen LogP contribution in [0.5, 0.6) is 0 Å². The number of carboxylic acid groups (broad SMARTS) is 2. The van der Waals surface area contributed by atoms with Crippen LogP contribution in [0.4, 0.5) is 0 Å². The Morgan fingerprint density at radius 1 is 0.824 bits per heavy atom. The van der Waals surface area contributed by atoms with E-state index in [2.05, 4.69) is 26.3 Å². The van der Waals surface area contributed by atoms with E-state index in [0.29, 0.717) is 0 Å². The van der Waals surface area contributed by atoms with Gasteiger partial charge in [0.25, 0.3) is 0 Å². The maximum atomic E-state index is 12.2. The Labute approximate surface area is 193 Å². The highest BCUT2D eigenvalue weighted by Gasteiger charge is 2.27. The molecule has 17 nitrogen and oxygen atoms in total. The molecule has 0 aliphatic heterocycles. The molecule has 3 atom stereocenters. The summed E-state index contributed by atoms with van der Waals surface area (Å²) in [5, 5.41) is 35.1. The minimum absolute atomic E-state index is 0.0265. The van der Waals surface area contributed by atoms with E-state index in [1.54, 1.807) is 0 Å². The predicted molar refractivity (Wildman–Crippen MR) is 115 cm³/mol. The fourth-order valence-electron chi connectivity index (χ4n) is 2.34. The third-order valence-electron chi connectivity index (χ3n) is 3.98. The minimum atomic E-state index is -1.59. The van der Waals surface area contributed by atoms with Crippen molar-refractivity contribution in [2.75, 3.05) is 26.2 Å². The van der Waals surface area contributed by atoms with Gasteiger partial charge in [-0.1, -0.05) is 0 Å². The van der Waals surface area contributed by atoms with Crippen molar-refractivity contribution in [3.8, 4) is 0 Å². The van der Waals surface area contributed by atoms with Crippen molar-refractivity contribution in [1.82, 2.24) is 21.3 Å². The molecule has 0 spiro atoms. The van der Waals surface area contributed by atoms with Crippen LogP contribution in [-0.2, 0) is 28.8 Å². The molecule has 0 fully saturated rings. The van der Waals surface area contributed by atoms with Crippen LogP contribution in [0, 0.1) is 0 Å². The van der Waals surface area contributed by atoms with Gasteiger partial charge >= 0.3 is 11.9 Å². The van der Waals surface area contributed by atoms with Crippen molar-refractivity contribution >= 4 is 41.5 Å². The van der Waals surface area contributed by atoms with Crippen molar-refractivity contribution < 1.29 is 44.1 Å². The van der Waals surface area contributed by atoms with E-state index >= 15 is 0 Å². The number of nitrogens with one attached hydrogen (secondary N) is 4. The largest absolute Gasteiger partial charge is 0.481 e. The molecule has 0 saturated heterocycles. The Morgan fingerprint density at radius 3 is 1.94 bits per heavy atom. The molecular weight excluding hydrogens is 460 g/mol. The molecule has 17 heteroatoms. The lowest BCUT2D eigenvalue weighted by Crippen LogP contribution is -2.55. The van der Waals surface area contributed by atoms with Crippen LogP contribution >= 0.6 is 0 Å². The molecule has 3 unspecified atom stereocenters. The first kappa shape index (κ1) is 30.0. The zero-order valence-corrected chi connectivity index (χ0v) is 18.2. The van der Waals surface area contributed by atoms with Crippen molar-refractivity contribution in [2.45, 2.75) is 37.4 Å². The molecule has 0 rings (SSSR count). The fraction of sp³-hybridized carbons (Fsp3) is 0.588. The Morgan fingerprint density at radius 2 is 1.41 bits per heavy atom. The highest BCUT2D eigenvalue weighted by atomic mass is 16.4. The first-order valence-corrected chi connectivity index (χ1v) is 9.87. The zero-order valence-electron chi connectivity index (χ0n) is 18.2. The molecule has 0 aromatic rings. The standard InChI is InChI=1S/C17H30N8O9/c18-8(7-26)14(32)25-10(4-12(28)29)16(34)22-5-11(27)24-9(2-1-3-21-17(19)20)15(33)23-6-13(30)31/h8-10,26H,1-7,18H2,(H,22,34)(H,23,33)(H,24,27)(H,25,32)(H,28,29)(H,30,31)(H4,19,20,21). The zero-order chi connectivity index (χ0) is 26.3. The van der Waals surface area contributed by atoms with Crippen LogP contribution in [0.2, 0.25) is 0 Å². The Balaban J connectivity index is 5.03. The van der Waals surface area contributed by atoms with Crippen LogP contribution < -0.4 is 38.5 Å². The lowest BCUT2D eigenvalue weighted by molar-refractivity contribution is -0.141. The summed E-state index contributed by atoms with van der Waals surface area (Å²) in [6.07, 6.45) is -0.561. The Kier molecular flexibility index (Phi) is 13.9. The number of aliphatic hydroxyl groups is 1. The van der Waals surface area contributed by atoms with E-state index in [1.165, 1.54) is 0 Å². The van der Waals surface area contributed by atoms with E-state index in [9.17, 15) is 28.8 Å². The molecular formula is C17H30N8O9. The van der Waals surface area contributed by atoms with Crippen LogP contribution in [0.1, 0.15) is 19.3 Å². The van der Waals surface area contributed by atoms with Crippen LogP contribution in [0.3, 0.4) is 0 Å². The molecule has 0 aliphatic rings.